The molecule has 1 aromatic rings. The van der Waals surface area contributed by atoms with Gasteiger partial charge in [0.05, 0.1) is 0 Å². The van der Waals surface area contributed by atoms with Crippen LogP contribution in [-0.4, -0.2) is 31.6 Å². The maximum absolute atomic E-state index is 5.71. The minimum Gasteiger partial charge on any atom is -0.492 e. The highest BCUT2D eigenvalue weighted by atomic mass is 16.5. The van der Waals surface area contributed by atoms with Crippen molar-refractivity contribution in [2.24, 2.45) is 5.92 Å². The van der Waals surface area contributed by atoms with E-state index in [-0.39, 0.29) is 0 Å². The lowest BCUT2D eigenvalue weighted by atomic mass is 10.1. The van der Waals surface area contributed by atoms with Gasteiger partial charge in [0.2, 0.25) is 0 Å². The summed E-state index contributed by atoms with van der Waals surface area (Å²) in [6.45, 7) is 2.91. The first kappa shape index (κ1) is 13.2. The lowest BCUT2D eigenvalue weighted by molar-refractivity contribution is 0.215. The molecule has 0 amide bonds. The minimum absolute atomic E-state index is 0.729. The lowest BCUT2D eigenvalue weighted by Gasteiger charge is -2.20. The number of benzene rings is 1. The van der Waals surface area contributed by atoms with Crippen LogP contribution in [0.3, 0.4) is 0 Å². The maximum atomic E-state index is 5.71. The van der Waals surface area contributed by atoms with E-state index < -0.39 is 0 Å². The zero-order valence-corrected chi connectivity index (χ0v) is 11.3. The summed E-state index contributed by atoms with van der Waals surface area (Å²) in [5.41, 5.74) is 6.46. The van der Waals surface area contributed by atoms with E-state index in [1.165, 1.54) is 32.2 Å². The fourth-order valence-electron chi connectivity index (χ4n) is 2.65. The van der Waals surface area contributed by atoms with E-state index in [9.17, 15) is 0 Å². The van der Waals surface area contributed by atoms with Crippen LogP contribution in [0, 0.1) is 5.92 Å². The van der Waals surface area contributed by atoms with Crippen molar-refractivity contribution >= 4 is 5.69 Å². The van der Waals surface area contributed by atoms with Crippen LogP contribution < -0.4 is 10.5 Å². The van der Waals surface area contributed by atoms with E-state index in [1.54, 1.807) is 0 Å². The molecule has 0 unspecified atom stereocenters. The van der Waals surface area contributed by atoms with Gasteiger partial charge in [0.25, 0.3) is 0 Å². The molecule has 0 spiro atoms. The quantitative estimate of drug-likeness (QED) is 0.787. The molecule has 1 aromatic carbocycles. The number of rotatable bonds is 6. The monoisotopic (exact) mass is 248 g/mol. The molecular weight excluding hydrogens is 224 g/mol. The number of nitrogens with zero attached hydrogens (tertiary/aromatic N) is 1. The van der Waals surface area contributed by atoms with Crippen molar-refractivity contribution in [1.29, 1.82) is 0 Å². The van der Waals surface area contributed by atoms with Crippen LogP contribution in [0.2, 0.25) is 0 Å². The van der Waals surface area contributed by atoms with Crippen molar-refractivity contribution < 1.29 is 4.74 Å². The Morgan fingerprint density at radius 3 is 2.83 bits per heavy atom. The Bertz CT molecular complexity index is 361. The number of anilines is 1. The number of nitrogens with two attached hydrogens (primary N) is 1. The highest BCUT2D eigenvalue weighted by Crippen LogP contribution is 2.25. The molecule has 0 heterocycles. The Balaban J connectivity index is 1.65. The van der Waals surface area contributed by atoms with Crippen molar-refractivity contribution in [1.82, 2.24) is 4.90 Å². The van der Waals surface area contributed by atoms with Gasteiger partial charge in [-0.05, 0) is 37.9 Å². The first-order chi connectivity index (χ1) is 8.74. The van der Waals surface area contributed by atoms with E-state index in [0.717, 1.165) is 30.5 Å². The third-order valence-corrected chi connectivity index (χ3v) is 3.64. The second-order valence-electron chi connectivity index (χ2n) is 5.33. The van der Waals surface area contributed by atoms with Crippen molar-refractivity contribution in [3.05, 3.63) is 24.3 Å². The fraction of sp³-hybridized carbons (Fsp3) is 0.600. The third-order valence-electron chi connectivity index (χ3n) is 3.64. The van der Waals surface area contributed by atoms with Crippen LogP contribution in [0.25, 0.3) is 0 Å². The molecule has 0 radical (unpaired) electrons. The highest BCUT2D eigenvalue weighted by molar-refractivity contribution is 5.43. The van der Waals surface area contributed by atoms with Gasteiger partial charge in [-0.3, -0.25) is 0 Å². The van der Waals surface area contributed by atoms with E-state index in [4.69, 9.17) is 10.5 Å². The molecule has 1 saturated carbocycles. The van der Waals surface area contributed by atoms with Crippen molar-refractivity contribution in [2.75, 3.05) is 32.5 Å². The second-order valence-corrected chi connectivity index (χ2v) is 5.33. The number of hydrogen-bond donors (Lipinski definition) is 1. The van der Waals surface area contributed by atoms with Gasteiger partial charge in [-0.2, -0.15) is 0 Å². The van der Waals surface area contributed by atoms with Crippen molar-refractivity contribution in [3.63, 3.8) is 0 Å². The van der Waals surface area contributed by atoms with Crippen LogP contribution in [-0.2, 0) is 0 Å². The van der Waals surface area contributed by atoms with Crippen LogP contribution in [0.1, 0.15) is 25.7 Å². The molecule has 3 nitrogen and oxygen atoms in total. The van der Waals surface area contributed by atoms with Gasteiger partial charge in [-0.25, -0.2) is 0 Å². The first-order valence-corrected chi connectivity index (χ1v) is 6.91. The Labute approximate surface area is 110 Å². The zero-order valence-electron chi connectivity index (χ0n) is 11.3. The molecule has 0 bridgehead atoms. The highest BCUT2D eigenvalue weighted by Gasteiger charge is 2.16. The SMILES string of the molecule is CN(CCOc1cccc(N)c1)CC1CCCC1. The summed E-state index contributed by atoms with van der Waals surface area (Å²) >= 11 is 0. The standard InChI is InChI=1S/C15H24N2O/c1-17(12-13-5-2-3-6-13)9-10-18-15-8-4-7-14(16)11-15/h4,7-8,11,13H,2-3,5-6,9-10,12,16H2,1H3. The average Bonchev–Trinajstić information content (AvgIpc) is 2.82. The molecular formula is C15H24N2O. The molecule has 2 N–H and O–H groups in total. The number of nitrogen functional groups attached to an aromatic ring is 1. The molecule has 0 saturated heterocycles. The maximum Gasteiger partial charge on any atom is 0.121 e. The molecule has 1 aliphatic rings. The van der Waals surface area contributed by atoms with E-state index >= 15 is 0 Å². The zero-order chi connectivity index (χ0) is 12.8. The predicted molar refractivity (Wildman–Crippen MR) is 75.8 cm³/mol. The van der Waals surface area contributed by atoms with E-state index in [0.29, 0.717) is 0 Å². The van der Waals surface area contributed by atoms with E-state index in [2.05, 4.69) is 11.9 Å². The molecule has 0 aliphatic heterocycles. The largest absolute Gasteiger partial charge is 0.492 e. The summed E-state index contributed by atoms with van der Waals surface area (Å²) in [6.07, 6.45) is 5.64. The van der Waals surface area contributed by atoms with Crippen LogP contribution >= 0.6 is 0 Å². The van der Waals surface area contributed by atoms with Gasteiger partial charge in [0.15, 0.2) is 0 Å². The van der Waals surface area contributed by atoms with Crippen molar-refractivity contribution in [3.8, 4) is 5.75 Å². The van der Waals surface area contributed by atoms with Gasteiger partial charge in [-0.15, -0.1) is 0 Å². The Morgan fingerprint density at radius 1 is 1.33 bits per heavy atom. The topological polar surface area (TPSA) is 38.5 Å². The number of ether oxygens (including phenoxy) is 1. The van der Waals surface area contributed by atoms with Gasteiger partial charge in [0.1, 0.15) is 12.4 Å². The van der Waals surface area contributed by atoms with Crippen molar-refractivity contribution in [2.45, 2.75) is 25.7 Å². The summed E-state index contributed by atoms with van der Waals surface area (Å²) in [5, 5.41) is 0. The summed E-state index contributed by atoms with van der Waals surface area (Å²) in [7, 11) is 2.18. The number of hydrogen-bond acceptors (Lipinski definition) is 3. The predicted octanol–water partition coefficient (Wildman–Crippen LogP) is 2.77. The fourth-order valence-corrected chi connectivity index (χ4v) is 2.65. The summed E-state index contributed by atoms with van der Waals surface area (Å²) in [4.78, 5) is 2.38. The molecule has 18 heavy (non-hydrogen) atoms. The normalized spacial score (nSPS) is 16.3. The third kappa shape index (κ3) is 4.22. The number of likely N-dealkylation sites (N-methyl/N-ethyl adjacent to an activating group) is 1. The minimum atomic E-state index is 0.729. The Hall–Kier alpha value is -1.22. The molecule has 0 atom stereocenters. The van der Waals surface area contributed by atoms with Gasteiger partial charge < -0.3 is 15.4 Å². The van der Waals surface area contributed by atoms with E-state index in [1.807, 2.05) is 24.3 Å². The van der Waals surface area contributed by atoms with Crippen LogP contribution in [0.15, 0.2) is 24.3 Å². The van der Waals surface area contributed by atoms with Gasteiger partial charge >= 0.3 is 0 Å². The Morgan fingerprint density at radius 2 is 2.11 bits per heavy atom. The van der Waals surface area contributed by atoms with Gasteiger partial charge in [-0.1, -0.05) is 18.9 Å². The molecule has 1 fully saturated rings. The molecule has 100 valence electrons. The summed E-state index contributed by atoms with van der Waals surface area (Å²) in [5.74, 6) is 1.77. The average molecular weight is 248 g/mol. The van der Waals surface area contributed by atoms with Crippen LogP contribution in [0.4, 0.5) is 5.69 Å². The first-order valence-electron chi connectivity index (χ1n) is 6.91. The Kier molecular flexibility index (Phi) is 4.88. The summed E-state index contributed by atoms with van der Waals surface area (Å²) < 4.78 is 5.70. The summed E-state index contributed by atoms with van der Waals surface area (Å²) in [6, 6.07) is 7.62. The smallest absolute Gasteiger partial charge is 0.121 e. The molecule has 3 heteroatoms. The van der Waals surface area contributed by atoms with Crippen LogP contribution in [0.5, 0.6) is 5.75 Å². The molecule has 0 aromatic heterocycles. The van der Waals surface area contributed by atoms with Gasteiger partial charge in [0, 0.05) is 24.8 Å². The molecule has 1 aliphatic carbocycles. The molecule has 2 rings (SSSR count). The lowest BCUT2D eigenvalue weighted by Crippen LogP contribution is -2.28. The second kappa shape index (κ2) is 6.64.